The van der Waals surface area contributed by atoms with E-state index in [4.69, 9.17) is 5.14 Å². The molecule has 2 N–H and O–H groups in total. The van der Waals surface area contributed by atoms with E-state index in [-0.39, 0.29) is 5.04 Å². The maximum Gasteiger partial charge on any atom is 0.194 e. The Kier molecular flexibility index (Phi) is 5.42. The van der Waals surface area contributed by atoms with Crippen LogP contribution in [0.5, 0.6) is 0 Å². The highest BCUT2D eigenvalue weighted by Gasteiger charge is 2.36. The topological polar surface area (TPSA) is 55.5 Å². The van der Waals surface area contributed by atoms with Crippen LogP contribution < -0.4 is 5.14 Å². The molecule has 0 saturated heterocycles. The van der Waals surface area contributed by atoms with Crippen LogP contribution in [0.1, 0.15) is 33.6 Å². The molecule has 0 aromatic carbocycles. The standard InChI is InChI=1S/C11H26N2OSSi/c1-7-8-9-10-15(12,14)13-16(5,6)11(2,3)4/h7H,1,8-10H2,2-6H3,(H2,12,13,14). The normalized spacial score (nSPS) is 16.6. The number of nitrogens with zero attached hydrogens (tertiary/aromatic N) is 1. The Balaban J connectivity index is 4.86. The minimum absolute atomic E-state index is 0.0907. The summed E-state index contributed by atoms with van der Waals surface area (Å²) in [6.45, 7) is 14.3. The number of rotatable bonds is 5. The number of unbranched alkanes of at least 4 members (excludes halogenated alkanes) is 1. The van der Waals surface area contributed by atoms with E-state index in [0.717, 1.165) is 12.8 Å². The predicted octanol–water partition coefficient (Wildman–Crippen LogP) is 3.30. The quantitative estimate of drug-likeness (QED) is 0.461. The Bertz CT molecular complexity index is 349. The number of nitrogens with two attached hydrogens (primary N) is 1. The first-order chi connectivity index (χ1) is 7.02. The van der Waals surface area contributed by atoms with Crippen molar-refractivity contribution in [3.05, 3.63) is 12.7 Å². The zero-order valence-corrected chi connectivity index (χ0v) is 13.1. The van der Waals surface area contributed by atoms with Crippen LogP contribution in [0.4, 0.5) is 0 Å². The fourth-order valence-electron chi connectivity index (χ4n) is 1.00. The summed E-state index contributed by atoms with van der Waals surface area (Å²) in [5.74, 6) is 0.478. The highest BCUT2D eigenvalue weighted by Crippen LogP contribution is 2.37. The maximum atomic E-state index is 12.1. The van der Waals surface area contributed by atoms with Crippen LogP contribution in [-0.2, 0) is 9.92 Å². The maximum absolute atomic E-state index is 12.1. The second-order valence-electron chi connectivity index (χ2n) is 5.73. The molecule has 0 aliphatic rings. The molecule has 0 spiro atoms. The lowest BCUT2D eigenvalue weighted by Crippen LogP contribution is -2.38. The molecule has 0 aromatic rings. The van der Waals surface area contributed by atoms with Crippen molar-refractivity contribution in [2.75, 3.05) is 5.75 Å². The van der Waals surface area contributed by atoms with E-state index < -0.39 is 18.2 Å². The van der Waals surface area contributed by atoms with Crippen molar-refractivity contribution in [1.29, 1.82) is 0 Å². The van der Waals surface area contributed by atoms with Gasteiger partial charge in [-0.3, -0.25) is 4.03 Å². The van der Waals surface area contributed by atoms with E-state index in [0.29, 0.717) is 5.75 Å². The average molecular weight is 262 g/mol. The molecule has 0 radical (unpaired) electrons. The Morgan fingerprint density at radius 2 is 1.94 bits per heavy atom. The molecule has 0 aliphatic carbocycles. The highest BCUT2D eigenvalue weighted by atomic mass is 32.2. The lowest BCUT2D eigenvalue weighted by molar-refractivity contribution is 0.673. The van der Waals surface area contributed by atoms with Crippen molar-refractivity contribution in [3.63, 3.8) is 0 Å². The summed E-state index contributed by atoms with van der Waals surface area (Å²) in [4.78, 5) is 0. The third-order valence-corrected chi connectivity index (χ3v) is 10.7. The predicted molar refractivity (Wildman–Crippen MR) is 76.3 cm³/mol. The molecule has 1 unspecified atom stereocenters. The summed E-state index contributed by atoms with van der Waals surface area (Å²) in [7, 11) is -4.41. The molecule has 96 valence electrons. The summed E-state index contributed by atoms with van der Waals surface area (Å²) < 4.78 is 16.6. The van der Waals surface area contributed by atoms with Gasteiger partial charge in [-0.2, -0.15) is 0 Å². The van der Waals surface area contributed by atoms with Gasteiger partial charge in [0.2, 0.25) is 0 Å². The first kappa shape index (κ1) is 15.9. The third-order valence-electron chi connectivity index (χ3n) is 3.06. The van der Waals surface area contributed by atoms with Crippen LogP contribution in [0.3, 0.4) is 0 Å². The van der Waals surface area contributed by atoms with Gasteiger partial charge in [-0.1, -0.05) is 26.8 Å². The van der Waals surface area contributed by atoms with Gasteiger partial charge in [0.05, 0.1) is 9.92 Å². The van der Waals surface area contributed by atoms with Crippen LogP contribution in [0.2, 0.25) is 18.1 Å². The van der Waals surface area contributed by atoms with Crippen molar-refractivity contribution in [3.8, 4) is 0 Å². The Hall–Kier alpha value is -0.133. The number of hydrogen-bond acceptors (Lipinski definition) is 2. The molecule has 0 aliphatic heterocycles. The Labute approximate surface area is 102 Å². The summed E-state index contributed by atoms with van der Waals surface area (Å²) >= 11 is 0. The summed E-state index contributed by atoms with van der Waals surface area (Å²) in [5, 5.41) is 5.89. The van der Waals surface area contributed by atoms with Crippen LogP contribution in [0.15, 0.2) is 16.7 Å². The molecule has 3 nitrogen and oxygen atoms in total. The van der Waals surface area contributed by atoms with Crippen molar-refractivity contribution in [1.82, 2.24) is 0 Å². The Morgan fingerprint density at radius 3 is 2.31 bits per heavy atom. The molecule has 0 aromatic heterocycles. The first-order valence-electron chi connectivity index (χ1n) is 5.66. The summed E-state index contributed by atoms with van der Waals surface area (Å²) in [5.41, 5.74) is 0. The molecule has 1 atom stereocenters. The molecule has 5 heteroatoms. The van der Waals surface area contributed by atoms with Crippen LogP contribution >= 0.6 is 0 Å². The van der Waals surface area contributed by atoms with E-state index in [1.165, 1.54) is 0 Å². The smallest absolute Gasteiger partial charge is 0.194 e. The van der Waals surface area contributed by atoms with Crippen molar-refractivity contribution < 1.29 is 4.21 Å². The number of hydrogen-bond donors (Lipinski definition) is 1. The van der Waals surface area contributed by atoms with Crippen LogP contribution in [-0.4, -0.2) is 18.2 Å². The van der Waals surface area contributed by atoms with Gasteiger partial charge < -0.3 is 0 Å². The fourth-order valence-corrected chi connectivity index (χ4v) is 6.13. The van der Waals surface area contributed by atoms with Gasteiger partial charge in [0.1, 0.15) is 0 Å². The molecular weight excluding hydrogens is 236 g/mol. The van der Waals surface area contributed by atoms with Gasteiger partial charge in [0.25, 0.3) is 0 Å². The molecule has 0 heterocycles. The van der Waals surface area contributed by atoms with E-state index in [1.54, 1.807) is 0 Å². The van der Waals surface area contributed by atoms with Crippen molar-refractivity contribution in [2.24, 2.45) is 9.17 Å². The summed E-state index contributed by atoms with van der Waals surface area (Å²) in [6.07, 6.45) is 3.47. The molecule has 16 heavy (non-hydrogen) atoms. The minimum atomic E-state index is -2.51. The van der Waals surface area contributed by atoms with E-state index in [9.17, 15) is 4.21 Å². The zero-order valence-electron chi connectivity index (χ0n) is 11.2. The second kappa shape index (κ2) is 5.47. The second-order valence-corrected chi connectivity index (χ2v) is 12.9. The summed E-state index contributed by atoms with van der Waals surface area (Å²) in [6, 6.07) is 0. The Morgan fingerprint density at radius 1 is 1.44 bits per heavy atom. The van der Waals surface area contributed by atoms with Crippen LogP contribution in [0, 0.1) is 0 Å². The van der Waals surface area contributed by atoms with Gasteiger partial charge in [0.15, 0.2) is 8.24 Å². The molecule has 0 fully saturated rings. The molecular formula is C11H26N2OSSi. The van der Waals surface area contributed by atoms with Gasteiger partial charge in [-0.25, -0.2) is 9.35 Å². The molecule has 0 amide bonds. The zero-order chi connectivity index (χ0) is 13.0. The monoisotopic (exact) mass is 262 g/mol. The third kappa shape index (κ3) is 5.27. The SMILES string of the molecule is C=CCCCS(N)(=O)=N[Si](C)(C)C(C)(C)C. The first-order valence-corrected chi connectivity index (χ1v) is 10.4. The average Bonchev–Trinajstić information content (AvgIpc) is 1.99. The fraction of sp³-hybridized carbons (Fsp3) is 0.818. The minimum Gasteiger partial charge on any atom is -0.265 e. The molecule has 0 rings (SSSR count). The largest absolute Gasteiger partial charge is 0.265 e. The lowest BCUT2D eigenvalue weighted by atomic mass is 10.2. The van der Waals surface area contributed by atoms with Gasteiger partial charge >= 0.3 is 0 Å². The highest BCUT2D eigenvalue weighted by molar-refractivity contribution is 7.92. The molecule has 0 saturated carbocycles. The molecule has 0 bridgehead atoms. The van der Waals surface area contributed by atoms with E-state index in [2.05, 4.69) is 44.5 Å². The lowest BCUT2D eigenvalue weighted by Gasteiger charge is -2.32. The van der Waals surface area contributed by atoms with Crippen molar-refractivity contribution in [2.45, 2.75) is 51.7 Å². The van der Waals surface area contributed by atoms with Gasteiger partial charge in [-0.15, -0.1) is 6.58 Å². The van der Waals surface area contributed by atoms with Crippen LogP contribution in [0.25, 0.3) is 0 Å². The van der Waals surface area contributed by atoms with Crippen molar-refractivity contribution >= 4 is 18.2 Å². The van der Waals surface area contributed by atoms with Gasteiger partial charge in [-0.05, 0) is 31.0 Å². The van der Waals surface area contributed by atoms with Gasteiger partial charge in [0, 0.05) is 5.75 Å². The van der Waals surface area contributed by atoms with E-state index in [1.807, 2.05) is 6.08 Å². The number of allylic oxidation sites excluding steroid dienone is 1. The van der Waals surface area contributed by atoms with E-state index >= 15 is 0 Å².